The van der Waals surface area contributed by atoms with Crippen molar-refractivity contribution in [3.63, 3.8) is 0 Å². The summed E-state index contributed by atoms with van der Waals surface area (Å²) < 4.78 is 0. The summed E-state index contributed by atoms with van der Waals surface area (Å²) in [6.45, 7) is 13.6. The molecule has 1 aromatic rings. The van der Waals surface area contributed by atoms with Crippen LogP contribution in [0.3, 0.4) is 0 Å². The number of unbranched alkanes of at least 4 members (excludes halogenated alkanes) is 1. The molecule has 1 heteroatoms. The van der Waals surface area contributed by atoms with Crippen molar-refractivity contribution in [3.8, 4) is 0 Å². The van der Waals surface area contributed by atoms with Crippen LogP contribution in [0.5, 0.6) is 0 Å². The van der Waals surface area contributed by atoms with Crippen molar-refractivity contribution in [1.82, 2.24) is 0 Å². The largest absolute Gasteiger partial charge is 0.272 e. The van der Waals surface area contributed by atoms with Gasteiger partial charge in [0, 0.05) is 6.20 Å². The molecule has 0 heterocycles. The van der Waals surface area contributed by atoms with Crippen molar-refractivity contribution in [2.75, 3.05) is 0 Å². The van der Waals surface area contributed by atoms with E-state index in [0.717, 1.165) is 11.1 Å². The second kappa shape index (κ2) is 9.59. The zero-order valence-corrected chi connectivity index (χ0v) is 11.2. The number of benzene rings is 1. The van der Waals surface area contributed by atoms with Gasteiger partial charge in [0.05, 0.1) is 0 Å². The molecule has 1 nitrogen and oxygen atoms in total. The second-order valence-electron chi connectivity index (χ2n) is 3.84. The molecule has 0 atom stereocenters. The average molecular weight is 229 g/mol. The van der Waals surface area contributed by atoms with Gasteiger partial charge in [-0.25, -0.2) is 0 Å². The van der Waals surface area contributed by atoms with Crippen molar-refractivity contribution >= 4 is 12.3 Å². The van der Waals surface area contributed by atoms with Crippen LogP contribution < -0.4 is 0 Å². The Morgan fingerprint density at radius 1 is 1.29 bits per heavy atom. The molecule has 0 bridgehead atoms. The molecule has 0 aliphatic heterocycles. The topological polar surface area (TPSA) is 12.4 Å². The Labute approximate surface area is 106 Å². The molecule has 0 radical (unpaired) electrons. The minimum atomic E-state index is 0.999. The third-order valence-corrected chi connectivity index (χ3v) is 2.30. The van der Waals surface area contributed by atoms with E-state index in [0.29, 0.717) is 0 Å². The normalized spacial score (nSPS) is 10.2. The molecule has 1 aromatic carbocycles. The molecule has 1 rings (SSSR count). The number of hydrogen-bond acceptors (Lipinski definition) is 1. The number of hydrogen-bond donors (Lipinski definition) is 0. The van der Waals surface area contributed by atoms with E-state index in [1.54, 1.807) is 12.3 Å². The standard InChI is InChI=1S/C12H13N.C4H10/c1-4-11(9-13-3)12-7-5-6-10(2)8-12;1-3-4-2/h4-9H,1,3H2,2H3;3-4H2,1-2H3/b11-9+;. The number of aliphatic imine (C=N–C) groups is 1. The van der Waals surface area contributed by atoms with E-state index in [1.807, 2.05) is 12.1 Å². The SMILES string of the molecule is C=C/C(=C\N=C)c1cccc(C)c1.CCCC. The van der Waals surface area contributed by atoms with Crippen LogP contribution in [-0.2, 0) is 0 Å². The van der Waals surface area contributed by atoms with E-state index in [9.17, 15) is 0 Å². The molecular formula is C16H23N. The fraction of sp³-hybridized carbons (Fsp3) is 0.312. The Hall–Kier alpha value is -1.63. The summed E-state index contributed by atoms with van der Waals surface area (Å²) in [6, 6.07) is 8.21. The lowest BCUT2D eigenvalue weighted by Gasteiger charge is -2.01. The van der Waals surface area contributed by atoms with Crippen molar-refractivity contribution in [2.45, 2.75) is 33.6 Å². The Morgan fingerprint density at radius 2 is 1.94 bits per heavy atom. The fourth-order valence-electron chi connectivity index (χ4n) is 1.17. The van der Waals surface area contributed by atoms with Gasteiger partial charge >= 0.3 is 0 Å². The first-order valence-electron chi connectivity index (χ1n) is 6.05. The van der Waals surface area contributed by atoms with Crippen LogP contribution in [-0.4, -0.2) is 6.72 Å². The molecule has 0 amide bonds. The zero-order chi connectivity index (χ0) is 13.1. The Bertz CT molecular complexity index is 373. The van der Waals surface area contributed by atoms with Gasteiger partial charge in [-0.1, -0.05) is 69.2 Å². The number of allylic oxidation sites excluding steroid dienone is 2. The highest BCUT2D eigenvalue weighted by Crippen LogP contribution is 2.16. The van der Waals surface area contributed by atoms with Gasteiger partial charge in [-0.15, -0.1) is 0 Å². The van der Waals surface area contributed by atoms with Gasteiger partial charge < -0.3 is 0 Å². The van der Waals surface area contributed by atoms with Gasteiger partial charge in [0.25, 0.3) is 0 Å². The maximum Gasteiger partial charge on any atom is 0.0338 e. The Balaban J connectivity index is 0.000000557. The van der Waals surface area contributed by atoms with Crippen LogP contribution in [0.4, 0.5) is 0 Å². The van der Waals surface area contributed by atoms with Crippen LogP contribution >= 0.6 is 0 Å². The quantitative estimate of drug-likeness (QED) is 0.507. The predicted octanol–water partition coefficient (Wildman–Crippen LogP) is 5.03. The fourth-order valence-corrected chi connectivity index (χ4v) is 1.17. The molecule has 0 aromatic heterocycles. The van der Waals surface area contributed by atoms with E-state index < -0.39 is 0 Å². The third-order valence-electron chi connectivity index (χ3n) is 2.30. The van der Waals surface area contributed by atoms with Crippen molar-refractivity contribution in [2.24, 2.45) is 4.99 Å². The van der Waals surface area contributed by atoms with E-state index in [1.165, 1.54) is 18.4 Å². The summed E-state index contributed by atoms with van der Waals surface area (Å²) in [5, 5.41) is 0. The predicted molar refractivity (Wildman–Crippen MR) is 79.5 cm³/mol. The number of aryl methyl sites for hydroxylation is 1. The third kappa shape index (κ3) is 6.52. The molecule has 17 heavy (non-hydrogen) atoms. The molecule has 0 N–H and O–H groups in total. The summed E-state index contributed by atoms with van der Waals surface area (Å²) in [5.41, 5.74) is 3.36. The molecule has 0 spiro atoms. The molecule has 0 unspecified atom stereocenters. The highest BCUT2D eigenvalue weighted by Gasteiger charge is 1.95. The number of nitrogens with zero attached hydrogens (tertiary/aromatic N) is 1. The van der Waals surface area contributed by atoms with Crippen LogP contribution in [0, 0.1) is 6.92 Å². The smallest absolute Gasteiger partial charge is 0.0338 e. The molecule has 0 aliphatic rings. The average Bonchev–Trinajstić information content (AvgIpc) is 2.36. The Morgan fingerprint density at radius 3 is 2.35 bits per heavy atom. The monoisotopic (exact) mass is 229 g/mol. The van der Waals surface area contributed by atoms with Crippen molar-refractivity contribution < 1.29 is 0 Å². The molecule has 0 saturated carbocycles. The minimum Gasteiger partial charge on any atom is -0.272 e. The summed E-state index contributed by atoms with van der Waals surface area (Å²) in [7, 11) is 0. The first-order valence-corrected chi connectivity index (χ1v) is 6.05. The minimum absolute atomic E-state index is 0.999. The van der Waals surface area contributed by atoms with Crippen molar-refractivity contribution in [3.05, 3.63) is 54.2 Å². The summed E-state index contributed by atoms with van der Waals surface area (Å²) in [6.07, 6.45) is 6.13. The molecule has 0 saturated heterocycles. The molecule has 0 fully saturated rings. The lowest BCUT2D eigenvalue weighted by atomic mass is 10.0. The van der Waals surface area contributed by atoms with Crippen LogP contribution in [0.1, 0.15) is 37.8 Å². The Kier molecular flexibility index (Phi) is 8.67. The first-order chi connectivity index (χ1) is 8.19. The molecule has 92 valence electrons. The first kappa shape index (κ1) is 15.4. The summed E-state index contributed by atoms with van der Waals surface area (Å²) in [5.74, 6) is 0. The summed E-state index contributed by atoms with van der Waals surface area (Å²) in [4.78, 5) is 3.73. The highest BCUT2D eigenvalue weighted by atomic mass is 14.6. The van der Waals surface area contributed by atoms with Gasteiger partial charge in [-0.2, -0.15) is 0 Å². The van der Waals surface area contributed by atoms with E-state index >= 15 is 0 Å². The summed E-state index contributed by atoms with van der Waals surface area (Å²) >= 11 is 0. The zero-order valence-electron chi connectivity index (χ0n) is 11.2. The van der Waals surface area contributed by atoms with E-state index in [-0.39, 0.29) is 0 Å². The lowest BCUT2D eigenvalue weighted by Crippen LogP contribution is -1.81. The van der Waals surface area contributed by atoms with E-state index in [2.05, 4.69) is 51.2 Å². The van der Waals surface area contributed by atoms with Gasteiger partial charge in [0.15, 0.2) is 0 Å². The van der Waals surface area contributed by atoms with Gasteiger partial charge in [-0.3, -0.25) is 4.99 Å². The van der Waals surface area contributed by atoms with Crippen LogP contribution in [0.25, 0.3) is 5.57 Å². The second-order valence-corrected chi connectivity index (χ2v) is 3.84. The molecular weight excluding hydrogens is 206 g/mol. The van der Waals surface area contributed by atoms with E-state index in [4.69, 9.17) is 0 Å². The van der Waals surface area contributed by atoms with Crippen LogP contribution in [0.2, 0.25) is 0 Å². The maximum atomic E-state index is 3.73. The molecule has 0 aliphatic carbocycles. The van der Waals surface area contributed by atoms with Gasteiger partial charge in [0.1, 0.15) is 0 Å². The van der Waals surface area contributed by atoms with Crippen LogP contribution in [0.15, 0.2) is 48.1 Å². The lowest BCUT2D eigenvalue weighted by molar-refractivity contribution is 0.886. The highest BCUT2D eigenvalue weighted by molar-refractivity contribution is 5.73. The van der Waals surface area contributed by atoms with Gasteiger partial charge in [0.2, 0.25) is 0 Å². The number of rotatable bonds is 4. The van der Waals surface area contributed by atoms with Gasteiger partial charge in [-0.05, 0) is 24.8 Å². The van der Waals surface area contributed by atoms with Crippen molar-refractivity contribution in [1.29, 1.82) is 0 Å². The maximum absolute atomic E-state index is 3.73.